The maximum absolute atomic E-state index is 9.78. The molecule has 0 rings (SSSR count). The highest BCUT2D eigenvalue weighted by Gasteiger charge is 2.00. The van der Waals surface area contributed by atoms with E-state index in [2.05, 4.69) is 9.16 Å². The summed E-state index contributed by atoms with van der Waals surface area (Å²) in [6.07, 6.45) is 0. The summed E-state index contributed by atoms with van der Waals surface area (Å²) in [6.45, 7) is 0.543. The maximum atomic E-state index is 9.78. The molecule has 0 aliphatic heterocycles. The standard InChI is InChI=1S/C3H8O4Si/c1-6-2-3-7-8(4)5/h4H,2-3H2,1H3. The van der Waals surface area contributed by atoms with E-state index in [4.69, 9.17) is 4.80 Å². The first-order chi connectivity index (χ1) is 3.77. The van der Waals surface area contributed by atoms with Gasteiger partial charge in [-0.25, -0.2) is 0 Å². The summed E-state index contributed by atoms with van der Waals surface area (Å²) in [5, 5.41) is 0. The second-order valence-corrected chi connectivity index (χ2v) is 1.93. The molecule has 0 radical (unpaired) electrons. The van der Waals surface area contributed by atoms with Gasteiger partial charge in [-0.05, 0) is 0 Å². The molecule has 0 amide bonds. The molecule has 0 atom stereocenters. The van der Waals surface area contributed by atoms with E-state index in [1.54, 1.807) is 0 Å². The van der Waals surface area contributed by atoms with Gasteiger partial charge in [-0.2, -0.15) is 0 Å². The van der Waals surface area contributed by atoms with Gasteiger partial charge in [0.15, 0.2) is 0 Å². The maximum Gasteiger partial charge on any atom is 0.764 e. The van der Waals surface area contributed by atoms with Crippen molar-refractivity contribution in [3.05, 3.63) is 0 Å². The molecular weight excluding hydrogens is 128 g/mol. The van der Waals surface area contributed by atoms with Crippen molar-refractivity contribution in [3.8, 4) is 0 Å². The van der Waals surface area contributed by atoms with Crippen LogP contribution in [-0.4, -0.2) is 34.3 Å². The quantitative estimate of drug-likeness (QED) is 0.400. The molecule has 48 valence electrons. The summed E-state index contributed by atoms with van der Waals surface area (Å²) < 4.78 is 18.6. The van der Waals surface area contributed by atoms with Crippen LogP contribution in [0.4, 0.5) is 0 Å². The molecule has 5 heteroatoms. The first-order valence-electron chi connectivity index (χ1n) is 2.12. The molecule has 0 fully saturated rings. The normalized spacial score (nSPS) is 8.62. The largest absolute Gasteiger partial charge is 0.764 e. The molecule has 0 bridgehead atoms. The molecule has 8 heavy (non-hydrogen) atoms. The number of hydrogen-bond acceptors (Lipinski definition) is 3. The van der Waals surface area contributed by atoms with Crippen molar-refractivity contribution >= 4 is 9.17 Å². The molecule has 0 aromatic heterocycles. The van der Waals surface area contributed by atoms with Crippen LogP contribution >= 0.6 is 0 Å². The van der Waals surface area contributed by atoms with E-state index < -0.39 is 9.17 Å². The molecule has 0 aromatic carbocycles. The molecule has 0 unspecified atom stereocenters. The number of ether oxygens (including phenoxy) is 1. The summed E-state index contributed by atoms with van der Waals surface area (Å²) in [4.78, 5) is 8.05. The zero-order valence-electron chi connectivity index (χ0n) is 4.59. The molecule has 0 heterocycles. The Hall–Kier alpha value is -0.423. The van der Waals surface area contributed by atoms with Gasteiger partial charge >= 0.3 is 9.17 Å². The minimum Gasteiger partial charge on any atom is -0.511 e. The fourth-order valence-electron chi connectivity index (χ4n) is 0.212. The van der Waals surface area contributed by atoms with Crippen molar-refractivity contribution in [2.24, 2.45) is 0 Å². The van der Waals surface area contributed by atoms with Crippen LogP contribution in [0.15, 0.2) is 0 Å². The summed E-state index contributed by atoms with van der Waals surface area (Å²) >= 11 is 0. The van der Waals surface area contributed by atoms with Crippen LogP contribution < -0.4 is 0 Å². The minimum atomic E-state index is -2.74. The van der Waals surface area contributed by atoms with Gasteiger partial charge in [0.25, 0.3) is 0 Å². The van der Waals surface area contributed by atoms with Crippen LogP contribution in [0, 0.1) is 0 Å². The number of methoxy groups -OCH3 is 1. The number of rotatable bonds is 4. The van der Waals surface area contributed by atoms with E-state index in [9.17, 15) is 4.46 Å². The van der Waals surface area contributed by atoms with Crippen molar-refractivity contribution in [2.75, 3.05) is 20.3 Å². The Balaban J connectivity index is 2.82. The van der Waals surface area contributed by atoms with E-state index in [0.29, 0.717) is 6.61 Å². The Labute approximate surface area is 48.9 Å². The van der Waals surface area contributed by atoms with Gasteiger partial charge < -0.3 is 14.0 Å². The SMILES string of the molecule is COCCO[Si](=O)O. The monoisotopic (exact) mass is 136 g/mol. The molecular formula is C3H8O4Si. The molecule has 0 aliphatic rings. The zero-order chi connectivity index (χ0) is 6.41. The first-order valence-corrected chi connectivity index (χ1v) is 3.38. The fraction of sp³-hybridized carbons (Fsp3) is 1.00. The van der Waals surface area contributed by atoms with Crippen molar-refractivity contribution in [1.29, 1.82) is 0 Å². The smallest absolute Gasteiger partial charge is 0.511 e. The average Bonchev–Trinajstić information content (AvgIpc) is 1.66. The Morgan fingerprint density at radius 3 is 2.62 bits per heavy atom. The minimum absolute atomic E-state index is 0.185. The van der Waals surface area contributed by atoms with Crippen LogP contribution in [0.1, 0.15) is 0 Å². The van der Waals surface area contributed by atoms with Crippen LogP contribution in [0.2, 0.25) is 0 Å². The zero-order valence-corrected chi connectivity index (χ0v) is 5.59. The van der Waals surface area contributed by atoms with Crippen molar-refractivity contribution in [1.82, 2.24) is 0 Å². The Kier molecular flexibility index (Phi) is 4.48. The van der Waals surface area contributed by atoms with Crippen molar-refractivity contribution in [2.45, 2.75) is 0 Å². The lowest BCUT2D eigenvalue weighted by Gasteiger charge is -1.95. The topological polar surface area (TPSA) is 55.8 Å². The fourth-order valence-corrected chi connectivity index (χ4v) is 0.470. The highest BCUT2D eigenvalue weighted by Crippen LogP contribution is 1.71. The van der Waals surface area contributed by atoms with Gasteiger partial charge in [0, 0.05) is 7.11 Å². The molecule has 0 saturated carbocycles. The van der Waals surface area contributed by atoms with E-state index in [-0.39, 0.29) is 6.61 Å². The highest BCUT2D eigenvalue weighted by atomic mass is 28.3. The van der Waals surface area contributed by atoms with Crippen molar-refractivity contribution < 1.29 is 18.4 Å². The molecule has 0 aromatic rings. The van der Waals surface area contributed by atoms with Crippen LogP contribution in [0.25, 0.3) is 0 Å². The van der Waals surface area contributed by atoms with Gasteiger partial charge in [0.1, 0.15) is 0 Å². The predicted molar refractivity (Wildman–Crippen MR) is 26.5 cm³/mol. The predicted octanol–water partition coefficient (Wildman–Crippen LogP) is -0.943. The van der Waals surface area contributed by atoms with Crippen LogP contribution in [0.3, 0.4) is 0 Å². The summed E-state index contributed by atoms with van der Waals surface area (Å²) in [7, 11) is -1.24. The average molecular weight is 136 g/mol. The third kappa shape index (κ3) is 5.58. The summed E-state index contributed by atoms with van der Waals surface area (Å²) in [5.41, 5.74) is 0. The molecule has 0 spiro atoms. The molecule has 4 nitrogen and oxygen atoms in total. The summed E-state index contributed by atoms with van der Waals surface area (Å²) in [6, 6.07) is 0. The second-order valence-electron chi connectivity index (χ2n) is 1.11. The Bertz CT molecular complexity index is 73.7. The second kappa shape index (κ2) is 4.73. The van der Waals surface area contributed by atoms with Crippen LogP contribution in [-0.2, 0) is 13.6 Å². The van der Waals surface area contributed by atoms with Gasteiger partial charge in [0.05, 0.1) is 13.2 Å². The van der Waals surface area contributed by atoms with Gasteiger partial charge in [-0.1, -0.05) is 0 Å². The van der Waals surface area contributed by atoms with Gasteiger partial charge in [0.2, 0.25) is 0 Å². The third-order valence-electron chi connectivity index (χ3n) is 0.513. The Morgan fingerprint density at radius 1 is 1.62 bits per heavy atom. The lowest BCUT2D eigenvalue weighted by atomic mass is 10.8. The Morgan fingerprint density at radius 2 is 2.25 bits per heavy atom. The number of hydrogen-bond donors (Lipinski definition) is 1. The summed E-state index contributed by atoms with van der Waals surface area (Å²) in [5.74, 6) is 0. The highest BCUT2D eigenvalue weighted by molar-refractivity contribution is 6.24. The molecule has 0 saturated heterocycles. The van der Waals surface area contributed by atoms with E-state index in [0.717, 1.165) is 0 Å². The van der Waals surface area contributed by atoms with Crippen molar-refractivity contribution in [3.63, 3.8) is 0 Å². The lowest BCUT2D eigenvalue weighted by molar-refractivity contribution is 0.126. The third-order valence-corrected chi connectivity index (χ3v) is 0.964. The van der Waals surface area contributed by atoms with E-state index in [1.807, 2.05) is 0 Å². The van der Waals surface area contributed by atoms with E-state index >= 15 is 0 Å². The molecule has 0 aliphatic carbocycles. The van der Waals surface area contributed by atoms with Gasteiger partial charge in [-0.15, -0.1) is 0 Å². The first kappa shape index (κ1) is 7.58. The lowest BCUT2D eigenvalue weighted by Crippen LogP contribution is -2.10. The van der Waals surface area contributed by atoms with E-state index in [1.165, 1.54) is 7.11 Å². The van der Waals surface area contributed by atoms with Gasteiger partial charge in [-0.3, -0.25) is 4.46 Å². The molecule has 1 N–H and O–H groups in total. The van der Waals surface area contributed by atoms with Crippen LogP contribution in [0.5, 0.6) is 0 Å².